The molecule has 1 N–H and O–H groups in total. The first-order chi connectivity index (χ1) is 18.0. The molecule has 2 fully saturated rings. The van der Waals surface area contributed by atoms with Gasteiger partial charge in [0, 0.05) is 11.6 Å². The molecule has 2 aliphatic rings. The Morgan fingerprint density at radius 2 is 1.53 bits per heavy atom. The van der Waals surface area contributed by atoms with Crippen LogP contribution in [0, 0.1) is 0 Å². The van der Waals surface area contributed by atoms with Gasteiger partial charge in [-0.3, -0.25) is 4.55 Å². The molecule has 3 aromatic carbocycles. The average molecular weight is 564 g/mol. The molecule has 38 heavy (non-hydrogen) atoms. The lowest BCUT2D eigenvalue weighted by molar-refractivity contribution is -0.174. The summed E-state index contributed by atoms with van der Waals surface area (Å²) in [6.07, 6.45) is 1.26. The highest BCUT2D eigenvalue weighted by Crippen LogP contribution is 2.44. The van der Waals surface area contributed by atoms with E-state index in [1.807, 2.05) is 67.6 Å². The van der Waals surface area contributed by atoms with Crippen LogP contribution in [0.15, 0.2) is 93.5 Å². The zero-order chi connectivity index (χ0) is 27.1. The van der Waals surface area contributed by atoms with Crippen LogP contribution in [0.25, 0.3) is 0 Å². The first-order valence-corrected chi connectivity index (χ1v) is 15.0. The maximum absolute atomic E-state index is 14.1. The molecule has 202 valence electrons. The van der Waals surface area contributed by atoms with Crippen LogP contribution in [0.2, 0.25) is 0 Å². The number of rotatable bonds is 8. The molecule has 1 heterocycles. The summed E-state index contributed by atoms with van der Waals surface area (Å²) in [6, 6.07) is 24.4. The standard InChI is InChI=1S/C28H28F2O6S2/c1-19(28(29,30)38(31,32)33)34-21-8-6-11-24(18-21)37(22-9-4-3-5-10-22)23-16-14-20(15-17-23)27(2)35-25-12-7-13-26(25)36-27/h3-6,8-11,14-19,25-26H,7,12-13H2,1-2H3/p+1. The van der Waals surface area contributed by atoms with Crippen LogP contribution in [-0.4, -0.2) is 36.5 Å². The van der Waals surface area contributed by atoms with E-state index in [0.717, 1.165) is 46.4 Å². The molecule has 1 saturated heterocycles. The second-order valence-electron chi connectivity index (χ2n) is 9.60. The molecule has 0 amide bonds. The Balaban J connectivity index is 1.45. The predicted molar refractivity (Wildman–Crippen MR) is 139 cm³/mol. The fourth-order valence-electron chi connectivity index (χ4n) is 4.92. The fourth-order valence-corrected chi connectivity index (χ4v) is 7.49. The third-order valence-electron chi connectivity index (χ3n) is 6.91. The Hall–Kier alpha value is -2.50. The van der Waals surface area contributed by atoms with Gasteiger partial charge in [-0.2, -0.15) is 17.2 Å². The molecule has 4 atom stereocenters. The molecule has 0 spiro atoms. The van der Waals surface area contributed by atoms with Gasteiger partial charge in [-0.05, 0) is 81.6 Å². The van der Waals surface area contributed by atoms with Crippen LogP contribution in [-0.2, 0) is 36.3 Å². The van der Waals surface area contributed by atoms with Gasteiger partial charge >= 0.3 is 15.4 Å². The van der Waals surface area contributed by atoms with Gasteiger partial charge in [0.15, 0.2) is 26.6 Å². The van der Waals surface area contributed by atoms with Crippen molar-refractivity contribution in [3.8, 4) is 5.75 Å². The van der Waals surface area contributed by atoms with E-state index >= 15 is 0 Å². The third-order valence-corrected chi connectivity index (χ3v) is 10.1. The predicted octanol–water partition coefficient (Wildman–Crippen LogP) is 6.17. The molecule has 5 rings (SSSR count). The number of hydrogen-bond donors (Lipinski definition) is 1. The molecular weight excluding hydrogens is 534 g/mol. The largest absolute Gasteiger partial charge is 0.483 e. The summed E-state index contributed by atoms with van der Waals surface area (Å²) >= 11 is 0. The van der Waals surface area contributed by atoms with E-state index in [-0.39, 0.29) is 18.0 Å². The monoisotopic (exact) mass is 563 g/mol. The summed E-state index contributed by atoms with van der Waals surface area (Å²) < 4.78 is 77.2. The molecule has 0 bridgehead atoms. The lowest BCUT2D eigenvalue weighted by atomic mass is 10.1. The van der Waals surface area contributed by atoms with E-state index < -0.39 is 38.2 Å². The summed E-state index contributed by atoms with van der Waals surface area (Å²) in [4.78, 5) is 2.77. The molecule has 1 saturated carbocycles. The minimum Gasteiger partial charge on any atom is -0.483 e. The van der Waals surface area contributed by atoms with Crippen LogP contribution in [0.1, 0.15) is 38.7 Å². The van der Waals surface area contributed by atoms with E-state index in [4.69, 9.17) is 18.8 Å². The van der Waals surface area contributed by atoms with Crippen LogP contribution in [0.4, 0.5) is 8.78 Å². The van der Waals surface area contributed by atoms with Crippen molar-refractivity contribution < 1.29 is 36.0 Å². The molecule has 1 aliphatic heterocycles. The van der Waals surface area contributed by atoms with Gasteiger partial charge in [0.1, 0.15) is 5.75 Å². The molecule has 4 unspecified atom stereocenters. The highest BCUT2D eigenvalue weighted by atomic mass is 32.2. The smallest absolute Gasteiger partial charge is 0.405 e. The van der Waals surface area contributed by atoms with Gasteiger partial charge in [0.05, 0.1) is 23.1 Å². The van der Waals surface area contributed by atoms with Crippen molar-refractivity contribution in [2.75, 3.05) is 0 Å². The topological polar surface area (TPSA) is 82.1 Å². The van der Waals surface area contributed by atoms with Crippen LogP contribution < -0.4 is 4.74 Å². The molecular formula is C28H29F2O6S2+. The van der Waals surface area contributed by atoms with Crippen LogP contribution in [0.5, 0.6) is 5.75 Å². The van der Waals surface area contributed by atoms with Crippen LogP contribution >= 0.6 is 0 Å². The molecule has 0 aromatic heterocycles. The second kappa shape index (κ2) is 10.2. The minimum absolute atomic E-state index is 0.0650. The number of halogens is 2. The number of ether oxygens (including phenoxy) is 3. The number of alkyl halides is 2. The van der Waals surface area contributed by atoms with Crippen molar-refractivity contribution in [3.63, 3.8) is 0 Å². The Morgan fingerprint density at radius 1 is 0.947 bits per heavy atom. The number of fused-ring (bicyclic) bond motifs is 1. The summed E-state index contributed by atoms with van der Waals surface area (Å²) in [5, 5.41) is -4.46. The first kappa shape index (κ1) is 27.1. The van der Waals surface area contributed by atoms with Crippen LogP contribution in [0.3, 0.4) is 0 Å². The molecule has 3 aromatic rings. The zero-order valence-electron chi connectivity index (χ0n) is 20.9. The highest BCUT2D eigenvalue weighted by molar-refractivity contribution is 7.97. The van der Waals surface area contributed by atoms with Gasteiger partial charge < -0.3 is 14.2 Å². The molecule has 0 radical (unpaired) electrons. The van der Waals surface area contributed by atoms with Crippen molar-refractivity contribution in [1.82, 2.24) is 0 Å². The van der Waals surface area contributed by atoms with Crippen molar-refractivity contribution in [3.05, 3.63) is 84.4 Å². The van der Waals surface area contributed by atoms with Crippen molar-refractivity contribution in [2.45, 2.75) is 77.1 Å². The minimum atomic E-state index is -5.63. The fraction of sp³-hybridized carbons (Fsp3) is 0.357. The van der Waals surface area contributed by atoms with E-state index in [1.165, 1.54) is 6.07 Å². The quantitative estimate of drug-likeness (QED) is 0.261. The lowest BCUT2D eigenvalue weighted by Gasteiger charge is -2.25. The normalized spacial score (nSPS) is 25.1. The molecule has 10 heteroatoms. The maximum atomic E-state index is 14.1. The maximum Gasteiger partial charge on any atom is 0.405 e. The van der Waals surface area contributed by atoms with Crippen molar-refractivity contribution >= 4 is 21.0 Å². The summed E-state index contributed by atoms with van der Waals surface area (Å²) in [7, 11) is -6.26. The van der Waals surface area contributed by atoms with E-state index in [9.17, 15) is 17.2 Å². The van der Waals surface area contributed by atoms with E-state index in [0.29, 0.717) is 0 Å². The molecule has 6 nitrogen and oxygen atoms in total. The second-order valence-corrected chi connectivity index (χ2v) is 13.1. The number of hydrogen-bond acceptors (Lipinski definition) is 5. The lowest BCUT2D eigenvalue weighted by Crippen LogP contribution is -2.42. The number of benzene rings is 3. The third kappa shape index (κ3) is 5.20. The van der Waals surface area contributed by atoms with Gasteiger partial charge in [-0.25, -0.2) is 0 Å². The van der Waals surface area contributed by atoms with Gasteiger partial charge in [0.2, 0.25) is 0 Å². The van der Waals surface area contributed by atoms with Gasteiger partial charge in [-0.15, -0.1) is 0 Å². The first-order valence-electron chi connectivity index (χ1n) is 12.3. The highest BCUT2D eigenvalue weighted by Gasteiger charge is 2.51. The van der Waals surface area contributed by atoms with Crippen molar-refractivity contribution in [1.29, 1.82) is 0 Å². The van der Waals surface area contributed by atoms with E-state index in [1.54, 1.807) is 12.1 Å². The summed E-state index contributed by atoms with van der Waals surface area (Å²) in [6.45, 7) is 2.85. The van der Waals surface area contributed by atoms with Gasteiger partial charge in [-0.1, -0.05) is 24.3 Å². The Morgan fingerprint density at radius 3 is 2.13 bits per heavy atom. The summed E-state index contributed by atoms with van der Waals surface area (Å²) in [5.74, 6) is -0.739. The van der Waals surface area contributed by atoms with E-state index in [2.05, 4.69) is 0 Å². The Kier molecular flexibility index (Phi) is 7.30. The van der Waals surface area contributed by atoms with Crippen molar-refractivity contribution in [2.24, 2.45) is 0 Å². The average Bonchev–Trinajstić information content (AvgIpc) is 3.44. The Labute approximate surface area is 224 Å². The van der Waals surface area contributed by atoms with Gasteiger partial charge in [0.25, 0.3) is 0 Å². The summed E-state index contributed by atoms with van der Waals surface area (Å²) in [5.41, 5.74) is 0.922. The molecule has 1 aliphatic carbocycles. The zero-order valence-corrected chi connectivity index (χ0v) is 22.6. The Bertz CT molecular complexity index is 1370. The SMILES string of the molecule is CC(Oc1cccc([S+](c2ccccc2)c2ccc(C3(C)OC4CCCC4O3)cc2)c1)C(F)(F)S(=O)(=O)O.